The third-order valence-electron chi connectivity index (χ3n) is 2.08. The van der Waals surface area contributed by atoms with Gasteiger partial charge in [-0.1, -0.05) is 11.8 Å². The van der Waals surface area contributed by atoms with Crippen molar-refractivity contribution < 1.29 is 14.6 Å². The maximum Gasteiger partial charge on any atom is 0.339 e. The van der Waals surface area contributed by atoms with Gasteiger partial charge in [-0.15, -0.1) is 0 Å². The first-order chi connectivity index (χ1) is 9.12. The molecule has 0 aromatic heterocycles. The predicted molar refractivity (Wildman–Crippen MR) is 73.9 cm³/mol. The van der Waals surface area contributed by atoms with Gasteiger partial charge in [0.15, 0.2) is 11.4 Å². The van der Waals surface area contributed by atoms with Gasteiger partial charge in [-0.25, -0.2) is 9.79 Å². The van der Waals surface area contributed by atoms with Crippen molar-refractivity contribution in [2.45, 2.75) is 6.92 Å². The van der Waals surface area contributed by atoms with Crippen molar-refractivity contribution >= 4 is 28.6 Å². The summed E-state index contributed by atoms with van der Waals surface area (Å²) in [4.78, 5) is 15.3. The van der Waals surface area contributed by atoms with Crippen LogP contribution in [0.1, 0.15) is 17.3 Å². The number of carboxylic acid groups (broad SMARTS) is 1. The molecule has 7 heteroatoms. The van der Waals surface area contributed by atoms with Crippen LogP contribution in [0.2, 0.25) is 0 Å². The van der Waals surface area contributed by atoms with Crippen molar-refractivity contribution in [3.8, 4) is 11.9 Å². The summed E-state index contributed by atoms with van der Waals surface area (Å²) in [5, 5.41) is 20.4. The summed E-state index contributed by atoms with van der Waals surface area (Å²) in [5.41, 5.74) is 0.480. The van der Waals surface area contributed by atoms with E-state index in [0.29, 0.717) is 23.2 Å². The lowest BCUT2D eigenvalue weighted by atomic mass is 10.2. The van der Waals surface area contributed by atoms with Crippen molar-refractivity contribution in [1.29, 1.82) is 5.26 Å². The van der Waals surface area contributed by atoms with Crippen LogP contribution in [-0.2, 0) is 0 Å². The number of benzene rings is 1. The second-order valence-electron chi connectivity index (χ2n) is 3.28. The number of amidine groups is 1. The fourth-order valence-corrected chi connectivity index (χ4v) is 1.67. The van der Waals surface area contributed by atoms with E-state index in [0.717, 1.165) is 0 Å². The zero-order valence-corrected chi connectivity index (χ0v) is 11.3. The minimum atomic E-state index is -1.08. The number of nitriles is 1. The SMILES string of the molecule is CCOc1ccc(N=C(NC#N)SC)cc1C(=O)O. The molecule has 0 radical (unpaired) electrons. The Kier molecular flexibility index (Phi) is 5.70. The van der Waals surface area contributed by atoms with Gasteiger partial charge in [-0.3, -0.25) is 5.32 Å². The number of carbonyl (C=O) groups is 1. The lowest BCUT2D eigenvalue weighted by molar-refractivity contribution is 0.0692. The van der Waals surface area contributed by atoms with Crippen LogP contribution in [0.3, 0.4) is 0 Å². The Hall–Kier alpha value is -2.20. The number of carboxylic acids is 1. The van der Waals surface area contributed by atoms with E-state index in [9.17, 15) is 4.79 Å². The summed E-state index contributed by atoms with van der Waals surface area (Å²) in [6.07, 6.45) is 3.53. The van der Waals surface area contributed by atoms with E-state index in [1.807, 2.05) is 0 Å². The fourth-order valence-electron chi connectivity index (χ4n) is 1.33. The molecule has 0 fully saturated rings. The molecular weight excluding hydrogens is 266 g/mol. The molecule has 0 heterocycles. The topological polar surface area (TPSA) is 94.7 Å². The molecule has 19 heavy (non-hydrogen) atoms. The minimum Gasteiger partial charge on any atom is -0.493 e. The number of nitrogens with one attached hydrogen (secondary N) is 1. The van der Waals surface area contributed by atoms with Crippen LogP contribution in [-0.4, -0.2) is 29.1 Å². The molecule has 0 atom stereocenters. The standard InChI is InChI=1S/C12H13N3O3S/c1-3-18-10-5-4-8(6-9(10)11(16)17)15-12(19-2)14-7-13/h4-6H,3H2,1-2H3,(H,14,15)(H,16,17). The highest BCUT2D eigenvalue weighted by Gasteiger charge is 2.12. The van der Waals surface area contributed by atoms with Crippen molar-refractivity contribution in [3.63, 3.8) is 0 Å². The summed E-state index contributed by atoms with van der Waals surface area (Å²) < 4.78 is 5.23. The van der Waals surface area contributed by atoms with Crippen LogP contribution in [0.25, 0.3) is 0 Å². The van der Waals surface area contributed by atoms with Crippen LogP contribution in [0.4, 0.5) is 5.69 Å². The molecule has 0 saturated carbocycles. The maximum atomic E-state index is 11.1. The fraction of sp³-hybridized carbons (Fsp3) is 0.250. The van der Waals surface area contributed by atoms with Gasteiger partial charge in [0, 0.05) is 0 Å². The molecule has 0 saturated heterocycles. The summed E-state index contributed by atoms with van der Waals surface area (Å²) in [7, 11) is 0. The number of hydrogen-bond donors (Lipinski definition) is 2. The first-order valence-electron chi connectivity index (χ1n) is 5.40. The Morgan fingerprint density at radius 2 is 2.37 bits per heavy atom. The third kappa shape index (κ3) is 4.19. The Balaban J connectivity index is 3.15. The van der Waals surface area contributed by atoms with Gasteiger partial charge in [0.2, 0.25) is 0 Å². The zero-order chi connectivity index (χ0) is 14.3. The van der Waals surface area contributed by atoms with Gasteiger partial charge < -0.3 is 9.84 Å². The van der Waals surface area contributed by atoms with Crippen molar-refractivity contribution in [1.82, 2.24) is 5.32 Å². The molecular formula is C12H13N3O3S. The molecule has 100 valence electrons. The highest BCUT2D eigenvalue weighted by atomic mass is 32.2. The van der Waals surface area contributed by atoms with Gasteiger partial charge in [0.05, 0.1) is 12.3 Å². The van der Waals surface area contributed by atoms with Gasteiger partial charge in [0.25, 0.3) is 0 Å². The Bertz CT molecular complexity index is 538. The highest BCUT2D eigenvalue weighted by Crippen LogP contribution is 2.25. The van der Waals surface area contributed by atoms with Crippen molar-refractivity contribution in [2.75, 3.05) is 12.9 Å². The zero-order valence-electron chi connectivity index (χ0n) is 10.5. The van der Waals surface area contributed by atoms with Crippen LogP contribution in [0, 0.1) is 11.5 Å². The Morgan fingerprint density at radius 1 is 1.63 bits per heavy atom. The van der Waals surface area contributed by atoms with Gasteiger partial charge in [0.1, 0.15) is 11.3 Å². The first-order valence-corrected chi connectivity index (χ1v) is 6.62. The second kappa shape index (κ2) is 7.28. The second-order valence-corrected chi connectivity index (χ2v) is 4.07. The van der Waals surface area contributed by atoms with E-state index < -0.39 is 5.97 Å². The molecule has 2 N–H and O–H groups in total. The molecule has 1 aromatic rings. The monoisotopic (exact) mass is 279 g/mol. The molecule has 0 aliphatic heterocycles. The summed E-state index contributed by atoms with van der Waals surface area (Å²) in [6.45, 7) is 2.16. The smallest absolute Gasteiger partial charge is 0.339 e. The lowest BCUT2D eigenvalue weighted by Gasteiger charge is -2.08. The number of nitrogens with zero attached hydrogens (tertiary/aromatic N) is 2. The quantitative estimate of drug-likeness (QED) is 0.380. The molecule has 0 unspecified atom stereocenters. The average Bonchev–Trinajstić information content (AvgIpc) is 2.40. The molecule has 0 bridgehead atoms. The lowest BCUT2D eigenvalue weighted by Crippen LogP contribution is -2.12. The maximum absolute atomic E-state index is 11.1. The first kappa shape index (κ1) is 14.9. The van der Waals surface area contributed by atoms with Gasteiger partial charge in [-0.05, 0) is 31.4 Å². The molecule has 0 amide bonds. The molecule has 0 aliphatic carbocycles. The van der Waals surface area contributed by atoms with E-state index >= 15 is 0 Å². The Morgan fingerprint density at radius 3 is 2.89 bits per heavy atom. The number of thioether (sulfide) groups is 1. The Labute approximate surface area is 115 Å². The summed E-state index contributed by atoms with van der Waals surface area (Å²) in [5.74, 6) is -0.785. The summed E-state index contributed by atoms with van der Waals surface area (Å²) in [6, 6.07) is 4.59. The molecule has 1 aromatic carbocycles. The van der Waals surface area contributed by atoms with Crippen LogP contribution in [0.5, 0.6) is 5.75 Å². The third-order valence-corrected chi connectivity index (χ3v) is 2.66. The van der Waals surface area contributed by atoms with Gasteiger partial charge >= 0.3 is 5.97 Å². The van der Waals surface area contributed by atoms with Crippen LogP contribution in [0.15, 0.2) is 23.2 Å². The molecule has 0 aliphatic rings. The number of ether oxygens (including phenoxy) is 1. The van der Waals surface area contributed by atoms with E-state index in [4.69, 9.17) is 15.1 Å². The van der Waals surface area contributed by atoms with E-state index in [-0.39, 0.29) is 5.56 Å². The van der Waals surface area contributed by atoms with Crippen molar-refractivity contribution in [3.05, 3.63) is 23.8 Å². The number of aromatic carboxylic acids is 1. The molecule has 6 nitrogen and oxygen atoms in total. The average molecular weight is 279 g/mol. The normalized spacial score (nSPS) is 10.7. The predicted octanol–water partition coefficient (Wildman–Crippen LogP) is 2.20. The largest absolute Gasteiger partial charge is 0.493 e. The molecule has 1 rings (SSSR count). The highest BCUT2D eigenvalue weighted by molar-refractivity contribution is 8.13. The number of hydrogen-bond acceptors (Lipinski definition) is 5. The van der Waals surface area contributed by atoms with Gasteiger partial charge in [-0.2, -0.15) is 5.26 Å². The van der Waals surface area contributed by atoms with Crippen molar-refractivity contribution in [2.24, 2.45) is 4.99 Å². The number of rotatable bonds is 4. The minimum absolute atomic E-state index is 0.0421. The van der Waals surface area contributed by atoms with E-state index in [2.05, 4.69) is 10.3 Å². The van der Waals surface area contributed by atoms with E-state index in [1.54, 1.807) is 31.5 Å². The van der Waals surface area contributed by atoms with Crippen LogP contribution >= 0.6 is 11.8 Å². The number of aliphatic imine (C=N–C) groups is 1. The van der Waals surface area contributed by atoms with E-state index in [1.165, 1.54) is 17.8 Å². The van der Waals surface area contributed by atoms with Crippen LogP contribution < -0.4 is 10.1 Å². The molecule has 0 spiro atoms. The summed E-state index contributed by atoms with van der Waals surface area (Å²) >= 11 is 1.26.